The first kappa shape index (κ1) is 18.8. The number of carbonyl (C=O) groups is 2. The van der Waals surface area contributed by atoms with E-state index in [9.17, 15) is 14.0 Å². The van der Waals surface area contributed by atoms with E-state index in [0.717, 1.165) is 18.4 Å². The molecule has 146 valence electrons. The van der Waals surface area contributed by atoms with Crippen LogP contribution >= 0.6 is 0 Å². The maximum atomic E-state index is 13.9. The molecule has 0 aliphatic carbocycles. The van der Waals surface area contributed by atoms with Crippen LogP contribution in [0.3, 0.4) is 0 Å². The molecule has 2 heterocycles. The number of pyridine rings is 1. The lowest BCUT2D eigenvalue weighted by atomic mass is 10.0. The van der Waals surface area contributed by atoms with Crippen LogP contribution in [0.4, 0.5) is 4.39 Å². The van der Waals surface area contributed by atoms with Crippen LogP contribution in [-0.2, 0) is 4.74 Å². The van der Waals surface area contributed by atoms with Crippen LogP contribution in [0.2, 0.25) is 0 Å². The SMILES string of the molecule is CCCCOC(=O)c1c(C=O)nn2c(-c3ccccc3)cc3cc(F)ccc3c12. The van der Waals surface area contributed by atoms with Gasteiger partial charge in [-0.1, -0.05) is 43.7 Å². The van der Waals surface area contributed by atoms with Crippen LogP contribution in [0.15, 0.2) is 54.6 Å². The second kappa shape index (κ2) is 7.83. The van der Waals surface area contributed by atoms with E-state index in [1.807, 2.05) is 37.3 Å². The van der Waals surface area contributed by atoms with E-state index in [2.05, 4.69) is 5.10 Å². The predicted molar refractivity (Wildman–Crippen MR) is 109 cm³/mol. The number of nitrogens with zero attached hydrogens (tertiary/aromatic N) is 2. The number of hydrogen-bond donors (Lipinski definition) is 0. The molecule has 0 atom stereocenters. The first-order chi connectivity index (χ1) is 14.1. The van der Waals surface area contributed by atoms with Gasteiger partial charge in [0.2, 0.25) is 0 Å². The average Bonchev–Trinajstić information content (AvgIpc) is 3.13. The highest BCUT2D eigenvalue weighted by molar-refractivity contribution is 6.12. The molecule has 0 amide bonds. The molecule has 0 spiro atoms. The molecular formula is C23H19FN2O3. The minimum Gasteiger partial charge on any atom is -0.462 e. The number of ether oxygens (including phenoxy) is 1. The summed E-state index contributed by atoms with van der Waals surface area (Å²) in [4.78, 5) is 24.5. The Morgan fingerprint density at radius 1 is 1.17 bits per heavy atom. The smallest absolute Gasteiger partial charge is 0.342 e. The van der Waals surface area contributed by atoms with Gasteiger partial charge in [0.15, 0.2) is 6.29 Å². The lowest BCUT2D eigenvalue weighted by Crippen LogP contribution is -2.08. The molecule has 6 heteroatoms. The molecule has 4 aromatic rings. The number of aromatic nitrogens is 2. The van der Waals surface area contributed by atoms with Crippen LogP contribution in [0.1, 0.15) is 40.6 Å². The van der Waals surface area contributed by atoms with Crippen LogP contribution in [0.25, 0.3) is 27.5 Å². The molecule has 5 nitrogen and oxygen atoms in total. The van der Waals surface area contributed by atoms with E-state index in [0.29, 0.717) is 28.3 Å². The van der Waals surface area contributed by atoms with Gasteiger partial charge >= 0.3 is 5.97 Å². The van der Waals surface area contributed by atoms with Crippen LogP contribution in [0, 0.1) is 5.82 Å². The van der Waals surface area contributed by atoms with Crippen molar-refractivity contribution in [1.82, 2.24) is 9.61 Å². The van der Waals surface area contributed by atoms with Gasteiger partial charge in [-0.25, -0.2) is 13.7 Å². The molecule has 0 unspecified atom stereocenters. The lowest BCUT2D eigenvalue weighted by Gasteiger charge is -2.10. The summed E-state index contributed by atoms with van der Waals surface area (Å²) >= 11 is 0. The highest BCUT2D eigenvalue weighted by Gasteiger charge is 2.24. The molecule has 0 aliphatic rings. The number of esters is 1. The van der Waals surface area contributed by atoms with E-state index in [4.69, 9.17) is 4.74 Å². The van der Waals surface area contributed by atoms with E-state index >= 15 is 0 Å². The molecule has 0 saturated carbocycles. The molecule has 0 bridgehead atoms. The zero-order chi connectivity index (χ0) is 20.4. The molecule has 0 N–H and O–H groups in total. The number of aldehydes is 1. The van der Waals surface area contributed by atoms with Crippen LogP contribution in [0.5, 0.6) is 0 Å². The van der Waals surface area contributed by atoms with E-state index in [1.54, 1.807) is 16.6 Å². The fourth-order valence-electron chi connectivity index (χ4n) is 3.41. The maximum absolute atomic E-state index is 13.9. The Labute approximate surface area is 166 Å². The van der Waals surface area contributed by atoms with Gasteiger partial charge in [0, 0.05) is 10.9 Å². The van der Waals surface area contributed by atoms with Crippen molar-refractivity contribution in [3.63, 3.8) is 0 Å². The van der Waals surface area contributed by atoms with Crippen molar-refractivity contribution in [2.24, 2.45) is 0 Å². The number of rotatable bonds is 6. The molecule has 4 rings (SSSR count). The Morgan fingerprint density at radius 2 is 1.97 bits per heavy atom. The van der Waals surface area contributed by atoms with E-state index in [-0.39, 0.29) is 23.7 Å². The Balaban J connectivity index is 2.05. The highest BCUT2D eigenvalue weighted by atomic mass is 19.1. The Hall–Kier alpha value is -3.54. The third kappa shape index (κ3) is 3.38. The van der Waals surface area contributed by atoms with Crippen LogP contribution < -0.4 is 0 Å². The average molecular weight is 390 g/mol. The summed E-state index contributed by atoms with van der Waals surface area (Å²) in [6, 6.07) is 15.5. The van der Waals surface area contributed by atoms with Gasteiger partial charge in [-0.05, 0) is 36.1 Å². The summed E-state index contributed by atoms with van der Waals surface area (Å²) in [5.41, 5.74) is 2.01. The summed E-state index contributed by atoms with van der Waals surface area (Å²) in [7, 11) is 0. The fraction of sp³-hybridized carbons (Fsp3) is 0.174. The topological polar surface area (TPSA) is 60.7 Å². The highest BCUT2D eigenvalue weighted by Crippen LogP contribution is 2.32. The molecule has 29 heavy (non-hydrogen) atoms. The van der Waals surface area contributed by atoms with Gasteiger partial charge < -0.3 is 4.74 Å². The van der Waals surface area contributed by atoms with Crippen molar-refractivity contribution >= 4 is 28.5 Å². The second-order valence-corrected chi connectivity index (χ2v) is 6.76. The van der Waals surface area contributed by atoms with Gasteiger partial charge in [0.25, 0.3) is 0 Å². The second-order valence-electron chi connectivity index (χ2n) is 6.76. The summed E-state index contributed by atoms with van der Waals surface area (Å²) in [5.74, 6) is -0.991. The molecule has 0 radical (unpaired) electrons. The van der Waals surface area contributed by atoms with Crippen molar-refractivity contribution < 1.29 is 18.7 Å². The third-order valence-corrected chi connectivity index (χ3v) is 4.82. The summed E-state index contributed by atoms with van der Waals surface area (Å²) in [5, 5.41) is 5.61. The summed E-state index contributed by atoms with van der Waals surface area (Å²) in [6.07, 6.45) is 2.15. The number of halogens is 1. The zero-order valence-electron chi connectivity index (χ0n) is 15.9. The molecule has 0 aliphatic heterocycles. The van der Waals surface area contributed by atoms with Gasteiger partial charge in [-0.15, -0.1) is 0 Å². The van der Waals surface area contributed by atoms with Crippen LogP contribution in [-0.4, -0.2) is 28.5 Å². The predicted octanol–water partition coefficient (Wildman–Crippen LogP) is 5.06. The third-order valence-electron chi connectivity index (χ3n) is 4.82. The zero-order valence-corrected chi connectivity index (χ0v) is 15.9. The van der Waals surface area contributed by atoms with Crippen molar-refractivity contribution in [3.05, 3.63) is 71.7 Å². The largest absolute Gasteiger partial charge is 0.462 e. The minimum absolute atomic E-state index is 0.000467. The first-order valence-electron chi connectivity index (χ1n) is 9.46. The Morgan fingerprint density at radius 3 is 2.69 bits per heavy atom. The van der Waals surface area contributed by atoms with E-state index in [1.165, 1.54) is 12.1 Å². The maximum Gasteiger partial charge on any atom is 0.342 e. The molecule has 0 saturated heterocycles. The summed E-state index contributed by atoms with van der Waals surface area (Å²) < 4.78 is 20.9. The van der Waals surface area contributed by atoms with Crippen molar-refractivity contribution in [1.29, 1.82) is 0 Å². The molecule has 2 aromatic carbocycles. The quantitative estimate of drug-likeness (QED) is 0.262. The Bertz CT molecular complexity index is 1220. The monoisotopic (exact) mass is 390 g/mol. The van der Waals surface area contributed by atoms with Gasteiger partial charge in [0.1, 0.15) is 17.1 Å². The van der Waals surface area contributed by atoms with Crippen molar-refractivity contribution in [2.75, 3.05) is 6.61 Å². The number of carbonyl (C=O) groups excluding carboxylic acids is 2. The van der Waals surface area contributed by atoms with Gasteiger partial charge in [0.05, 0.1) is 17.8 Å². The standard InChI is InChI=1S/C23H19FN2O3/c1-2-3-11-29-23(28)21-19(14-27)25-26-20(15-7-5-4-6-8-15)13-16-12-17(24)9-10-18(16)22(21)26/h4-10,12-14H,2-3,11H2,1H3. The molecule has 0 fully saturated rings. The van der Waals surface area contributed by atoms with Gasteiger partial charge in [-0.3, -0.25) is 4.79 Å². The number of hydrogen-bond acceptors (Lipinski definition) is 4. The summed E-state index contributed by atoms with van der Waals surface area (Å²) in [6.45, 7) is 2.25. The molecule has 2 aromatic heterocycles. The number of unbranched alkanes of at least 4 members (excludes halogenated alkanes) is 1. The van der Waals surface area contributed by atoms with E-state index < -0.39 is 5.97 Å². The fourth-order valence-corrected chi connectivity index (χ4v) is 3.41. The number of fused-ring (bicyclic) bond motifs is 3. The normalized spacial score (nSPS) is 11.1. The first-order valence-corrected chi connectivity index (χ1v) is 9.46. The number of benzene rings is 2. The van der Waals surface area contributed by atoms with Crippen molar-refractivity contribution in [3.8, 4) is 11.3 Å². The van der Waals surface area contributed by atoms with Crippen molar-refractivity contribution in [2.45, 2.75) is 19.8 Å². The minimum atomic E-state index is -0.605. The van der Waals surface area contributed by atoms with Gasteiger partial charge in [-0.2, -0.15) is 5.10 Å². The molecular weight excluding hydrogens is 371 g/mol. The Kier molecular flexibility index (Phi) is 5.08. The lowest BCUT2D eigenvalue weighted by molar-refractivity contribution is 0.0500.